The van der Waals surface area contributed by atoms with Crippen molar-refractivity contribution in [1.29, 1.82) is 0 Å². The molecular weight excluding hydrogens is 881 g/mol. The lowest BCUT2D eigenvalue weighted by atomic mass is 10.0. The van der Waals surface area contributed by atoms with Crippen molar-refractivity contribution >= 4 is 69.5 Å². The molecule has 1 unspecified atom stereocenters. The molecule has 1 aromatic heterocycles. The Hall–Kier alpha value is -7.47. The third-order valence-electron chi connectivity index (χ3n) is 10.4. The van der Waals surface area contributed by atoms with Crippen LogP contribution in [-0.2, 0) is 45.3 Å². The molecular formula is C42H52N12O11S. The summed E-state index contributed by atoms with van der Waals surface area (Å²) in [5, 5.41) is 32.0. The van der Waals surface area contributed by atoms with Gasteiger partial charge in [-0.2, -0.15) is 13.5 Å². The molecule has 6 amide bonds. The number of rotatable bonds is 17. The molecule has 3 aromatic rings. The lowest BCUT2D eigenvalue weighted by Crippen LogP contribution is -2.58. The number of hydrogen-bond donors (Lipinski definition) is 11. The fourth-order valence-corrected chi connectivity index (χ4v) is 7.62. The fraction of sp³-hybridized carbons (Fsp3) is 0.381. The van der Waals surface area contributed by atoms with Gasteiger partial charge in [-0.15, -0.1) is 0 Å². The average molecular weight is 933 g/mol. The molecule has 12 N–H and O–H groups in total. The van der Waals surface area contributed by atoms with E-state index in [0.29, 0.717) is 31.4 Å². The monoisotopic (exact) mass is 932 g/mol. The maximum absolute atomic E-state index is 14.1. The standard InChI is InChI=1S/C42H52N12O11S/c43-42-45-19-17-28(49-42)14-15-30-38(59)47-24-35(55)50-32(21-36(56)57)41(62)53-31(20-25-8-2-1-3-9-25)40(61)51-29(39(60)52-30)11-6-7-18-44-37(58)27-13-16-34(46-22-27)54-48-23-26-10-4-5-12-33(26)66(63,64)65/h1-5,8-10,12-13,16,22-23,28-32H,6-7,11,14-15,17-21,24H2,(H,44,58)(H,46,54)(H,47,59)(H,50,55)(H,51,61)(H,52,60)(H,53,62)(H,56,57)(H3,43,45,49)(H,63,64,65)/b48-23-/t28?,29-,30+,31+,32+/m1/s1. The first-order valence-electron chi connectivity index (χ1n) is 21.0. The van der Waals surface area contributed by atoms with Gasteiger partial charge in [0.15, 0.2) is 5.96 Å². The maximum atomic E-state index is 14.1. The molecule has 2 aliphatic rings. The molecule has 0 bridgehead atoms. The van der Waals surface area contributed by atoms with Gasteiger partial charge >= 0.3 is 5.97 Å². The zero-order valence-corrected chi connectivity index (χ0v) is 36.4. The molecule has 23 nitrogen and oxygen atoms in total. The van der Waals surface area contributed by atoms with Crippen molar-refractivity contribution in [3.05, 3.63) is 89.6 Å². The quantitative estimate of drug-likeness (QED) is 0.0332. The number of aliphatic imine (C=N–C) groups is 1. The Balaban J connectivity index is 1.27. The van der Waals surface area contributed by atoms with Crippen LogP contribution >= 0.6 is 0 Å². The second kappa shape index (κ2) is 24.0. The molecule has 5 rings (SSSR count). The number of pyridine rings is 1. The van der Waals surface area contributed by atoms with Gasteiger partial charge in [0, 0.05) is 37.3 Å². The van der Waals surface area contributed by atoms with E-state index in [2.05, 4.69) is 57.7 Å². The van der Waals surface area contributed by atoms with Crippen molar-refractivity contribution in [2.75, 3.05) is 25.1 Å². The van der Waals surface area contributed by atoms with Gasteiger partial charge in [0.25, 0.3) is 16.0 Å². The second-order valence-electron chi connectivity index (χ2n) is 15.3. The van der Waals surface area contributed by atoms with Gasteiger partial charge in [-0.3, -0.25) is 48.5 Å². The summed E-state index contributed by atoms with van der Waals surface area (Å²) < 4.78 is 32.7. The molecule has 0 aliphatic carbocycles. The summed E-state index contributed by atoms with van der Waals surface area (Å²) in [6, 6.07) is 11.6. The number of aliphatic carboxylic acids is 1. The van der Waals surface area contributed by atoms with Crippen LogP contribution in [0.5, 0.6) is 0 Å². The largest absolute Gasteiger partial charge is 0.481 e. The lowest BCUT2D eigenvalue weighted by molar-refractivity contribution is -0.141. The Morgan fingerprint density at radius 1 is 0.803 bits per heavy atom. The number of nitrogens with zero attached hydrogens (tertiary/aromatic N) is 3. The van der Waals surface area contributed by atoms with Crippen LogP contribution in [0.25, 0.3) is 0 Å². The molecule has 0 saturated carbocycles. The molecule has 1 fully saturated rings. The van der Waals surface area contributed by atoms with Gasteiger partial charge in [-0.1, -0.05) is 48.5 Å². The number of hydrazone groups is 1. The molecule has 352 valence electrons. The zero-order chi connectivity index (χ0) is 47.6. The number of amides is 6. The number of aromatic nitrogens is 1. The molecule has 3 heterocycles. The van der Waals surface area contributed by atoms with Gasteiger partial charge in [0.05, 0.1) is 24.7 Å². The third-order valence-corrected chi connectivity index (χ3v) is 11.3. The lowest BCUT2D eigenvalue weighted by Gasteiger charge is -2.27. The number of nitrogens with one attached hydrogen (secondary N) is 8. The Kier molecular flexibility index (Phi) is 18.0. The minimum absolute atomic E-state index is 0.0177. The van der Waals surface area contributed by atoms with Crippen molar-refractivity contribution in [2.24, 2.45) is 15.8 Å². The summed E-state index contributed by atoms with van der Waals surface area (Å²) >= 11 is 0. The summed E-state index contributed by atoms with van der Waals surface area (Å²) in [7, 11) is -4.48. The predicted molar refractivity (Wildman–Crippen MR) is 238 cm³/mol. The Morgan fingerprint density at radius 3 is 2.18 bits per heavy atom. The van der Waals surface area contributed by atoms with Gasteiger partial charge in [-0.05, 0) is 62.3 Å². The van der Waals surface area contributed by atoms with E-state index < -0.39 is 88.7 Å². The Labute approximate surface area is 379 Å². The van der Waals surface area contributed by atoms with Crippen molar-refractivity contribution in [3.63, 3.8) is 0 Å². The topological polar surface area (TPSA) is 354 Å². The van der Waals surface area contributed by atoms with E-state index in [1.54, 1.807) is 36.4 Å². The van der Waals surface area contributed by atoms with E-state index in [9.17, 15) is 51.6 Å². The van der Waals surface area contributed by atoms with Crippen molar-refractivity contribution in [1.82, 2.24) is 42.2 Å². The van der Waals surface area contributed by atoms with E-state index in [4.69, 9.17) is 5.73 Å². The minimum Gasteiger partial charge on any atom is -0.481 e. The van der Waals surface area contributed by atoms with E-state index in [1.807, 2.05) is 0 Å². The van der Waals surface area contributed by atoms with E-state index in [-0.39, 0.29) is 66.1 Å². The highest BCUT2D eigenvalue weighted by atomic mass is 32.2. The van der Waals surface area contributed by atoms with Gasteiger partial charge in [0.2, 0.25) is 29.5 Å². The highest BCUT2D eigenvalue weighted by Crippen LogP contribution is 2.15. The molecule has 0 radical (unpaired) electrons. The number of carboxylic acids is 1. The SMILES string of the molecule is NC1=NCCC(CC[C@@H]2NC(=O)[C@@H](CCCCNC(=O)c3ccc(N/N=C\c4ccccc4S(=O)(=O)O)nc3)NC(=O)[C@H](Cc3ccccc3)NC(=O)[C@H](CC(=O)O)NC(=O)CNC2=O)N1. The number of unbranched alkanes of at least 4 members (excludes halogenated alkanes) is 1. The molecule has 1 saturated heterocycles. The molecule has 5 atom stereocenters. The maximum Gasteiger partial charge on any atom is 0.305 e. The predicted octanol–water partition coefficient (Wildman–Crippen LogP) is -1.08. The third kappa shape index (κ3) is 15.7. The van der Waals surface area contributed by atoms with Crippen LogP contribution in [0.15, 0.2) is 87.9 Å². The Morgan fingerprint density at radius 2 is 1.48 bits per heavy atom. The van der Waals surface area contributed by atoms with Crippen LogP contribution in [-0.4, -0.2) is 126 Å². The molecule has 2 aromatic carbocycles. The summed E-state index contributed by atoms with van der Waals surface area (Å²) in [5.74, 6) is -5.55. The first-order valence-corrected chi connectivity index (χ1v) is 22.4. The van der Waals surface area contributed by atoms with Crippen molar-refractivity contribution in [2.45, 2.75) is 86.5 Å². The van der Waals surface area contributed by atoms with Crippen molar-refractivity contribution in [3.8, 4) is 0 Å². The summed E-state index contributed by atoms with van der Waals surface area (Å²) in [6.07, 6.45) is 3.23. The van der Waals surface area contributed by atoms with Crippen LogP contribution in [0, 0.1) is 0 Å². The normalized spacial score (nSPS) is 21.0. The first kappa shape index (κ1) is 49.5. The van der Waals surface area contributed by atoms with Crippen LogP contribution in [0.2, 0.25) is 0 Å². The number of benzene rings is 2. The van der Waals surface area contributed by atoms with Crippen LogP contribution < -0.4 is 48.4 Å². The molecule has 66 heavy (non-hydrogen) atoms. The van der Waals surface area contributed by atoms with E-state index in [0.717, 1.165) is 0 Å². The number of anilines is 1. The van der Waals surface area contributed by atoms with Crippen LogP contribution in [0.3, 0.4) is 0 Å². The van der Waals surface area contributed by atoms with Crippen molar-refractivity contribution < 1.29 is 51.6 Å². The van der Waals surface area contributed by atoms with E-state index in [1.165, 1.54) is 42.7 Å². The average Bonchev–Trinajstić information content (AvgIpc) is 3.28. The minimum atomic E-state index is -4.48. The first-order chi connectivity index (χ1) is 31.5. The second-order valence-corrected chi connectivity index (χ2v) is 16.7. The number of guanidine groups is 1. The molecule has 2 aliphatic heterocycles. The van der Waals surface area contributed by atoms with Crippen LogP contribution in [0.4, 0.5) is 5.82 Å². The number of carboxylic acid groups (broad SMARTS) is 1. The highest BCUT2D eigenvalue weighted by Gasteiger charge is 2.33. The number of nitrogens with two attached hydrogens (primary N) is 1. The summed E-state index contributed by atoms with van der Waals surface area (Å²) in [6.45, 7) is -0.0596. The summed E-state index contributed by atoms with van der Waals surface area (Å²) in [5.41, 5.74) is 9.42. The number of carbonyl (C=O) groups is 7. The summed E-state index contributed by atoms with van der Waals surface area (Å²) in [4.78, 5) is 101. The molecule has 24 heteroatoms. The van der Waals surface area contributed by atoms with Gasteiger partial charge < -0.3 is 48.1 Å². The zero-order valence-electron chi connectivity index (χ0n) is 35.6. The number of hydrogen-bond acceptors (Lipinski definition) is 15. The van der Waals surface area contributed by atoms with Gasteiger partial charge in [-0.25, -0.2) is 4.98 Å². The smallest absolute Gasteiger partial charge is 0.305 e. The number of carbonyl (C=O) groups excluding carboxylic acids is 6. The van der Waals surface area contributed by atoms with Gasteiger partial charge in [0.1, 0.15) is 34.9 Å². The van der Waals surface area contributed by atoms with Crippen LogP contribution in [0.1, 0.15) is 66.4 Å². The Bertz CT molecular complexity index is 2400. The highest BCUT2D eigenvalue weighted by molar-refractivity contribution is 7.86. The van der Waals surface area contributed by atoms with E-state index >= 15 is 0 Å². The molecule has 0 spiro atoms. The fourth-order valence-electron chi connectivity index (χ4n) is 6.95.